The van der Waals surface area contributed by atoms with Crippen molar-refractivity contribution in [2.45, 2.75) is 18.6 Å². The lowest BCUT2D eigenvalue weighted by molar-refractivity contribution is 0.930. The molecule has 0 aliphatic carbocycles. The van der Waals surface area contributed by atoms with Crippen molar-refractivity contribution in [3.63, 3.8) is 0 Å². The molecule has 0 aliphatic heterocycles. The maximum Gasteiger partial charge on any atom is 0.00416 e. The Hall–Kier alpha value is 0.830. The molecule has 0 N–H and O–H groups in total. The fourth-order valence-corrected chi connectivity index (χ4v) is 1.33. The molecule has 6 heavy (non-hydrogen) atoms. The van der Waals surface area contributed by atoms with Gasteiger partial charge in [-0.3, -0.25) is 0 Å². The average Bonchev–Trinajstić information content (AvgIpc) is 1.35. The highest BCUT2D eigenvalue weighted by Gasteiger charge is 1.87. The van der Waals surface area contributed by atoms with Crippen molar-refractivity contribution in [1.29, 1.82) is 0 Å². The van der Waals surface area contributed by atoms with Gasteiger partial charge in [0.25, 0.3) is 0 Å². The van der Waals surface area contributed by atoms with Gasteiger partial charge in [-0.15, -0.1) is 0 Å². The minimum absolute atomic E-state index is 0.546. The zero-order valence-corrected chi connectivity index (χ0v) is 6.30. The second kappa shape index (κ2) is 4.00. The van der Waals surface area contributed by atoms with Crippen LogP contribution in [-0.2, 0) is 0 Å². The van der Waals surface area contributed by atoms with Crippen LogP contribution in [0.1, 0.15) is 13.3 Å². The molecule has 0 amide bonds. The summed E-state index contributed by atoms with van der Waals surface area (Å²) in [6, 6.07) is 0. The van der Waals surface area contributed by atoms with E-state index in [0.29, 0.717) is 5.25 Å². The molecule has 0 aromatic heterocycles. The summed E-state index contributed by atoms with van der Waals surface area (Å²) >= 11 is 7.45. The Balaban J connectivity index is 2.63. The maximum absolute atomic E-state index is 4.15. The summed E-state index contributed by atoms with van der Waals surface area (Å²) in [6.45, 7) is 2.09. The van der Waals surface area contributed by atoms with Gasteiger partial charge in [0.1, 0.15) is 0 Å². The highest BCUT2D eigenvalue weighted by atomic mass is 79.9. The van der Waals surface area contributed by atoms with Crippen LogP contribution in [0.2, 0.25) is 0 Å². The van der Waals surface area contributed by atoms with Crippen molar-refractivity contribution < 1.29 is 0 Å². The Morgan fingerprint density at radius 3 is 2.33 bits per heavy atom. The second-order valence-corrected chi connectivity index (χ2v) is 3.00. The lowest BCUT2D eigenvalue weighted by Gasteiger charge is -1.94. The molecule has 0 bridgehead atoms. The van der Waals surface area contributed by atoms with Crippen LogP contribution in [0, 0.1) is 0 Å². The summed E-state index contributed by atoms with van der Waals surface area (Å²) in [6.07, 6.45) is 1.16. The van der Waals surface area contributed by atoms with E-state index in [2.05, 4.69) is 35.5 Å². The number of hydrogen-bond acceptors (Lipinski definition) is 1. The second-order valence-electron chi connectivity index (χ2n) is 1.33. The molecule has 0 heterocycles. The molecule has 0 saturated carbocycles. The van der Waals surface area contributed by atoms with Crippen molar-refractivity contribution in [3.05, 3.63) is 0 Å². The summed E-state index contributed by atoms with van der Waals surface area (Å²) in [5.74, 6) is 0. The highest BCUT2D eigenvalue weighted by Crippen LogP contribution is 2.00. The third-order valence-corrected chi connectivity index (χ3v) is 1.24. The van der Waals surface area contributed by atoms with Gasteiger partial charge in [0.2, 0.25) is 0 Å². The third kappa shape index (κ3) is 4.83. The molecule has 0 aliphatic rings. The van der Waals surface area contributed by atoms with Crippen LogP contribution in [0.5, 0.6) is 0 Å². The topological polar surface area (TPSA) is 0 Å². The Labute approximate surface area is 52.9 Å². The zero-order chi connectivity index (χ0) is 4.99. The first kappa shape index (κ1) is 6.83. The number of rotatable bonds is 2. The standard InChI is InChI=1S/C4H9BrS/c1-4(6)2-3-5/h4,6H,2-3H2,1H3. The van der Waals surface area contributed by atoms with E-state index >= 15 is 0 Å². The summed E-state index contributed by atoms with van der Waals surface area (Å²) in [7, 11) is 0. The average molecular weight is 169 g/mol. The van der Waals surface area contributed by atoms with Gasteiger partial charge >= 0.3 is 0 Å². The van der Waals surface area contributed by atoms with E-state index in [1.54, 1.807) is 0 Å². The van der Waals surface area contributed by atoms with Crippen LogP contribution >= 0.6 is 28.6 Å². The van der Waals surface area contributed by atoms with Gasteiger partial charge in [-0.25, -0.2) is 0 Å². The van der Waals surface area contributed by atoms with E-state index < -0.39 is 0 Å². The minimum atomic E-state index is 0.546. The molecule has 0 radical (unpaired) electrons. The van der Waals surface area contributed by atoms with Gasteiger partial charge in [-0.2, -0.15) is 12.6 Å². The zero-order valence-electron chi connectivity index (χ0n) is 3.82. The molecule has 38 valence electrons. The van der Waals surface area contributed by atoms with Gasteiger partial charge in [-0.05, 0) is 11.7 Å². The third-order valence-electron chi connectivity index (χ3n) is 0.527. The van der Waals surface area contributed by atoms with Crippen LogP contribution in [-0.4, -0.2) is 10.6 Å². The van der Waals surface area contributed by atoms with Crippen LogP contribution in [0.25, 0.3) is 0 Å². The van der Waals surface area contributed by atoms with E-state index in [9.17, 15) is 0 Å². The van der Waals surface area contributed by atoms with Crippen molar-refractivity contribution in [2.24, 2.45) is 0 Å². The normalized spacial score (nSPS) is 14.5. The van der Waals surface area contributed by atoms with Gasteiger partial charge in [0.05, 0.1) is 0 Å². The van der Waals surface area contributed by atoms with E-state index in [-0.39, 0.29) is 0 Å². The highest BCUT2D eigenvalue weighted by molar-refractivity contribution is 9.09. The van der Waals surface area contributed by atoms with E-state index in [4.69, 9.17) is 0 Å². The van der Waals surface area contributed by atoms with E-state index in [1.165, 1.54) is 0 Å². The van der Waals surface area contributed by atoms with Crippen molar-refractivity contribution in [3.8, 4) is 0 Å². The molecule has 1 unspecified atom stereocenters. The van der Waals surface area contributed by atoms with Crippen molar-refractivity contribution in [1.82, 2.24) is 0 Å². The summed E-state index contributed by atoms with van der Waals surface area (Å²) < 4.78 is 0. The fourth-order valence-electron chi connectivity index (χ4n) is 0.158. The molecule has 2 heteroatoms. The minimum Gasteiger partial charge on any atom is -0.176 e. The quantitative estimate of drug-likeness (QED) is 0.474. The van der Waals surface area contributed by atoms with E-state index in [0.717, 1.165) is 11.8 Å². The summed E-state index contributed by atoms with van der Waals surface area (Å²) in [5.41, 5.74) is 0. The Morgan fingerprint density at radius 2 is 2.33 bits per heavy atom. The molecular formula is C4H9BrS. The van der Waals surface area contributed by atoms with Crippen LogP contribution < -0.4 is 0 Å². The van der Waals surface area contributed by atoms with Crippen molar-refractivity contribution in [2.75, 3.05) is 5.33 Å². The van der Waals surface area contributed by atoms with Gasteiger partial charge in [0.15, 0.2) is 0 Å². The SMILES string of the molecule is CC(S)CCBr. The molecule has 0 aromatic carbocycles. The molecule has 0 spiro atoms. The number of halogens is 1. The van der Waals surface area contributed by atoms with Crippen LogP contribution in [0.15, 0.2) is 0 Å². The van der Waals surface area contributed by atoms with Crippen LogP contribution in [0.4, 0.5) is 0 Å². The molecular weight excluding hydrogens is 160 g/mol. The van der Waals surface area contributed by atoms with E-state index in [1.807, 2.05) is 0 Å². The largest absolute Gasteiger partial charge is 0.176 e. The smallest absolute Gasteiger partial charge is 0.00416 e. The van der Waals surface area contributed by atoms with Gasteiger partial charge in [0, 0.05) is 5.33 Å². The predicted octanol–water partition coefficient (Wildman–Crippen LogP) is 2.09. The Bertz CT molecular complexity index is 28.7. The van der Waals surface area contributed by atoms with Gasteiger partial charge in [-0.1, -0.05) is 22.9 Å². The lowest BCUT2D eigenvalue weighted by Crippen LogP contribution is -1.88. The molecule has 0 rings (SSSR count). The Kier molecular flexibility index (Phi) is 4.56. The molecule has 0 nitrogen and oxygen atoms in total. The monoisotopic (exact) mass is 168 g/mol. The van der Waals surface area contributed by atoms with Crippen LogP contribution in [0.3, 0.4) is 0 Å². The van der Waals surface area contributed by atoms with Gasteiger partial charge < -0.3 is 0 Å². The first-order valence-corrected chi connectivity index (χ1v) is 3.65. The Morgan fingerprint density at radius 1 is 1.83 bits per heavy atom. The number of alkyl halides is 1. The number of thiol groups is 1. The first-order valence-electron chi connectivity index (χ1n) is 2.01. The molecule has 0 aromatic rings. The first-order chi connectivity index (χ1) is 2.77. The molecule has 1 atom stereocenters. The summed E-state index contributed by atoms with van der Waals surface area (Å²) in [5, 5.41) is 1.61. The molecule has 0 fully saturated rings. The summed E-state index contributed by atoms with van der Waals surface area (Å²) in [4.78, 5) is 0. The predicted molar refractivity (Wildman–Crippen MR) is 36.9 cm³/mol. The fraction of sp³-hybridized carbons (Fsp3) is 1.00. The molecule has 0 saturated heterocycles. The lowest BCUT2D eigenvalue weighted by atomic mass is 10.4. The maximum atomic E-state index is 4.15. The number of hydrogen-bond donors (Lipinski definition) is 1. The van der Waals surface area contributed by atoms with Crippen molar-refractivity contribution >= 4 is 28.6 Å².